The number of aryl methyl sites for hydroxylation is 1. The number of furan rings is 1. The number of nitrogens with zero attached hydrogens (tertiary/aromatic N) is 3. The lowest BCUT2D eigenvalue weighted by atomic mass is 10.1. The Morgan fingerprint density at radius 1 is 1.15 bits per heavy atom. The Kier molecular flexibility index (Phi) is 5.23. The largest absolute Gasteiger partial charge is 0.485 e. The molecule has 0 amide bonds. The van der Waals surface area contributed by atoms with E-state index >= 15 is 0 Å². The highest BCUT2D eigenvalue weighted by Gasteiger charge is 2.12. The fraction of sp³-hybridized carbons (Fsp3) is 0.0833. The SMILES string of the molecule is Cc1ccccc1OCc1nc2sc(=Cc3ccc(-c4ccc(C(=O)O)cc4)o3)c(=O)n2n1. The van der Waals surface area contributed by atoms with Crippen LogP contribution >= 0.6 is 11.3 Å². The summed E-state index contributed by atoms with van der Waals surface area (Å²) in [5.41, 5.74) is 1.66. The molecule has 0 unspecified atom stereocenters. The van der Waals surface area contributed by atoms with Gasteiger partial charge in [-0.15, -0.1) is 5.10 Å². The van der Waals surface area contributed by atoms with Gasteiger partial charge in [0.1, 0.15) is 28.4 Å². The van der Waals surface area contributed by atoms with E-state index in [4.69, 9.17) is 14.3 Å². The topological polar surface area (TPSA) is 107 Å². The zero-order valence-corrected chi connectivity index (χ0v) is 18.2. The Hall–Kier alpha value is -4.24. The Morgan fingerprint density at radius 3 is 2.67 bits per heavy atom. The smallest absolute Gasteiger partial charge is 0.335 e. The van der Waals surface area contributed by atoms with Crippen molar-refractivity contribution in [2.24, 2.45) is 0 Å². The van der Waals surface area contributed by atoms with Crippen molar-refractivity contribution in [3.8, 4) is 17.1 Å². The highest BCUT2D eigenvalue weighted by Crippen LogP contribution is 2.23. The molecule has 0 radical (unpaired) electrons. The van der Waals surface area contributed by atoms with Crippen LogP contribution in [-0.4, -0.2) is 25.7 Å². The molecule has 2 aromatic carbocycles. The van der Waals surface area contributed by atoms with Gasteiger partial charge >= 0.3 is 5.97 Å². The van der Waals surface area contributed by atoms with E-state index in [0.29, 0.717) is 26.8 Å². The number of carbonyl (C=O) groups is 1. The van der Waals surface area contributed by atoms with Gasteiger partial charge in [-0.25, -0.2) is 4.79 Å². The Bertz CT molecular complexity index is 1580. The molecule has 0 atom stereocenters. The molecule has 3 aromatic heterocycles. The molecule has 33 heavy (non-hydrogen) atoms. The molecule has 5 rings (SSSR count). The molecule has 164 valence electrons. The third-order valence-corrected chi connectivity index (χ3v) is 5.95. The second kappa shape index (κ2) is 8.36. The lowest BCUT2D eigenvalue weighted by Crippen LogP contribution is -2.23. The van der Waals surface area contributed by atoms with Crippen LogP contribution in [0.3, 0.4) is 0 Å². The van der Waals surface area contributed by atoms with E-state index in [9.17, 15) is 9.59 Å². The molecule has 8 nitrogen and oxygen atoms in total. The van der Waals surface area contributed by atoms with Crippen molar-refractivity contribution in [2.45, 2.75) is 13.5 Å². The Morgan fingerprint density at radius 2 is 1.94 bits per heavy atom. The quantitative estimate of drug-likeness (QED) is 0.414. The summed E-state index contributed by atoms with van der Waals surface area (Å²) in [6.45, 7) is 2.12. The van der Waals surface area contributed by atoms with Gasteiger partial charge in [0.25, 0.3) is 5.56 Å². The van der Waals surface area contributed by atoms with E-state index < -0.39 is 5.97 Å². The van der Waals surface area contributed by atoms with Crippen LogP contribution in [0.4, 0.5) is 0 Å². The van der Waals surface area contributed by atoms with Gasteiger partial charge in [0.05, 0.1) is 5.56 Å². The van der Waals surface area contributed by atoms with E-state index in [1.807, 2.05) is 31.2 Å². The summed E-state index contributed by atoms with van der Waals surface area (Å²) in [4.78, 5) is 28.6. The summed E-state index contributed by atoms with van der Waals surface area (Å²) in [6, 6.07) is 17.6. The summed E-state index contributed by atoms with van der Waals surface area (Å²) < 4.78 is 13.3. The first kappa shape index (κ1) is 20.7. The van der Waals surface area contributed by atoms with E-state index in [1.165, 1.54) is 28.0 Å². The minimum atomic E-state index is -0.987. The van der Waals surface area contributed by atoms with Gasteiger partial charge < -0.3 is 14.3 Å². The van der Waals surface area contributed by atoms with Crippen molar-refractivity contribution in [3.05, 3.63) is 98.3 Å². The fourth-order valence-electron chi connectivity index (χ4n) is 3.29. The number of para-hydroxylation sites is 1. The van der Waals surface area contributed by atoms with Gasteiger partial charge in [-0.1, -0.05) is 41.7 Å². The third kappa shape index (κ3) is 4.13. The van der Waals surface area contributed by atoms with Crippen LogP contribution in [0.15, 0.2) is 69.9 Å². The standard InChI is InChI=1S/C24H17N3O5S/c1-14-4-2-3-5-18(14)31-13-21-25-24-27(26-21)22(28)20(33-24)12-17-10-11-19(32-17)15-6-8-16(9-7-15)23(29)30/h2-12H,13H2,1H3,(H,29,30). The number of carboxylic acid groups (broad SMARTS) is 1. The second-order valence-corrected chi connectivity index (χ2v) is 8.29. The molecule has 0 aliphatic rings. The molecular formula is C24H17N3O5S. The van der Waals surface area contributed by atoms with Gasteiger partial charge in [0, 0.05) is 11.6 Å². The zero-order valence-electron chi connectivity index (χ0n) is 17.4. The van der Waals surface area contributed by atoms with Crippen molar-refractivity contribution >= 4 is 28.3 Å². The summed E-state index contributed by atoms with van der Waals surface area (Å²) in [7, 11) is 0. The number of carboxylic acids is 1. The van der Waals surface area contributed by atoms with E-state index in [-0.39, 0.29) is 17.7 Å². The number of aromatic carboxylic acids is 1. The number of rotatable bonds is 6. The predicted molar refractivity (Wildman–Crippen MR) is 123 cm³/mol. The number of aromatic nitrogens is 3. The molecular weight excluding hydrogens is 442 g/mol. The predicted octanol–water partition coefficient (Wildman–Crippen LogP) is 3.54. The van der Waals surface area contributed by atoms with Gasteiger partial charge in [-0.2, -0.15) is 9.50 Å². The normalized spacial score (nSPS) is 11.8. The maximum Gasteiger partial charge on any atom is 0.335 e. The Balaban J connectivity index is 1.37. The number of thiazole rings is 1. The van der Waals surface area contributed by atoms with Crippen molar-refractivity contribution in [3.63, 3.8) is 0 Å². The maximum absolute atomic E-state index is 12.8. The highest BCUT2D eigenvalue weighted by molar-refractivity contribution is 7.15. The van der Waals surface area contributed by atoms with Crippen molar-refractivity contribution in [2.75, 3.05) is 0 Å². The molecule has 0 aliphatic carbocycles. The summed E-state index contributed by atoms with van der Waals surface area (Å²) >= 11 is 1.22. The summed E-state index contributed by atoms with van der Waals surface area (Å²) in [6.07, 6.45) is 1.64. The van der Waals surface area contributed by atoms with Crippen LogP contribution in [0.1, 0.15) is 27.5 Å². The molecule has 1 N–H and O–H groups in total. The molecule has 0 fully saturated rings. The van der Waals surface area contributed by atoms with Crippen molar-refractivity contribution in [1.82, 2.24) is 14.6 Å². The summed E-state index contributed by atoms with van der Waals surface area (Å²) in [5, 5.41) is 13.3. The monoisotopic (exact) mass is 459 g/mol. The molecule has 5 aromatic rings. The molecule has 0 aliphatic heterocycles. The average molecular weight is 459 g/mol. The van der Waals surface area contributed by atoms with E-state index in [2.05, 4.69) is 10.1 Å². The first-order valence-corrected chi connectivity index (χ1v) is 10.8. The van der Waals surface area contributed by atoms with Gasteiger partial charge in [-0.05, 0) is 42.8 Å². The zero-order chi connectivity index (χ0) is 22.9. The summed E-state index contributed by atoms with van der Waals surface area (Å²) in [5.74, 6) is 1.26. The second-order valence-electron chi connectivity index (χ2n) is 7.28. The third-order valence-electron chi connectivity index (χ3n) is 4.99. The maximum atomic E-state index is 12.8. The average Bonchev–Trinajstić information content (AvgIpc) is 3.51. The van der Waals surface area contributed by atoms with Crippen LogP contribution in [-0.2, 0) is 6.61 Å². The van der Waals surface area contributed by atoms with Gasteiger partial charge in [0.15, 0.2) is 5.82 Å². The van der Waals surface area contributed by atoms with Crippen molar-refractivity contribution in [1.29, 1.82) is 0 Å². The molecule has 0 bridgehead atoms. The lowest BCUT2D eigenvalue weighted by molar-refractivity contribution is 0.0697. The van der Waals surface area contributed by atoms with Crippen molar-refractivity contribution < 1.29 is 19.1 Å². The first-order valence-electron chi connectivity index (χ1n) is 10.00. The first-order chi connectivity index (χ1) is 16.0. The molecule has 0 saturated heterocycles. The number of hydrogen-bond donors (Lipinski definition) is 1. The van der Waals surface area contributed by atoms with Gasteiger partial charge in [-0.3, -0.25) is 4.79 Å². The minimum absolute atomic E-state index is 0.167. The van der Waals surface area contributed by atoms with E-state index in [0.717, 1.165) is 16.9 Å². The Labute approximate surface area is 191 Å². The molecule has 0 saturated carbocycles. The van der Waals surface area contributed by atoms with Gasteiger partial charge in [0.2, 0.25) is 4.96 Å². The number of ether oxygens (including phenoxy) is 1. The highest BCUT2D eigenvalue weighted by atomic mass is 32.1. The number of hydrogen-bond acceptors (Lipinski definition) is 7. The van der Waals surface area contributed by atoms with Crippen LogP contribution in [0, 0.1) is 6.92 Å². The molecule has 3 heterocycles. The van der Waals surface area contributed by atoms with Crippen LogP contribution in [0.5, 0.6) is 5.75 Å². The van der Waals surface area contributed by atoms with Crippen LogP contribution in [0.2, 0.25) is 0 Å². The van der Waals surface area contributed by atoms with Crippen LogP contribution in [0.25, 0.3) is 22.4 Å². The number of fused-ring (bicyclic) bond motifs is 1. The van der Waals surface area contributed by atoms with E-state index in [1.54, 1.807) is 30.3 Å². The molecule has 0 spiro atoms. The number of benzene rings is 2. The molecule has 9 heteroatoms. The van der Waals surface area contributed by atoms with Crippen LogP contribution < -0.4 is 14.8 Å². The lowest BCUT2D eigenvalue weighted by Gasteiger charge is -2.05. The minimum Gasteiger partial charge on any atom is -0.485 e. The fourth-order valence-corrected chi connectivity index (χ4v) is 4.19.